The number of carbonyl (C=O) groups is 1. The molecule has 1 atom stereocenters. The molecular weight excluding hydrogens is 352 g/mol. The van der Waals surface area contributed by atoms with Crippen molar-refractivity contribution < 1.29 is 20.1 Å². The summed E-state index contributed by atoms with van der Waals surface area (Å²) in [5.74, 6) is -1.94. The number of rotatable bonds is 18. The highest BCUT2D eigenvalue weighted by atomic mass is 16.4. The van der Waals surface area contributed by atoms with Crippen molar-refractivity contribution >= 4 is 5.97 Å². The highest BCUT2D eigenvalue weighted by Gasteiger charge is 2.17. The molecule has 0 amide bonds. The fraction of sp³-hybridized carbons (Fsp3) is 0.708. The van der Waals surface area contributed by atoms with E-state index < -0.39 is 11.9 Å². The fourth-order valence-corrected chi connectivity index (χ4v) is 3.29. The van der Waals surface area contributed by atoms with Gasteiger partial charge >= 0.3 is 5.97 Å². The Kier molecular flexibility index (Phi) is 17.5. The Morgan fingerprint density at radius 1 is 0.893 bits per heavy atom. The van der Waals surface area contributed by atoms with Crippen molar-refractivity contribution in [2.45, 2.75) is 104 Å². The zero-order valence-corrected chi connectivity index (χ0v) is 18.0. The smallest absolute Gasteiger partial charge is 0.307 e. The number of hydrogen-bond acceptors (Lipinski definition) is 3. The van der Waals surface area contributed by atoms with Gasteiger partial charge in [0.05, 0.1) is 5.92 Å². The van der Waals surface area contributed by atoms with Gasteiger partial charge in [0.25, 0.3) is 0 Å². The van der Waals surface area contributed by atoms with Gasteiger partial charge in [-0.15, -0.1) is 0 Å². The first-order valence-corrected chi connectivity index (χ1v) is 11.1. The Morgan fingerprint density at radius 3 is 2.04 bits per heavy atom. The molecule has 0 fully saturated rings. The van der Waals surface area contributed by atoms with Crippen LogP contribution in [0.3, 0.4) is 0 Å². The van der Waals surface area contributed by atoms with Crippen molar-refractivity contribution in [2.75, 3.05) is 0 Å². The SMILES string of the molecule is CC=C(CCCCCCC)CCCCCC/C=C/C[C@@H](CC(O)=CO)C(=O)O. The third-order valence-corrected chi connectivity index (χ3v) is 5.17. The molecule has 4 nitrogen and oxygen atoms in total. The van der Waals surface area contributed by atoms with Crippen LogP contribution >= 0.6 is 0 Å². The second kappa shape index (κ2) is 18.6. The molecule has 3 N–H and O–H groups in total. The zero-order valence-electron chi connectivity index (χ0n) is 18.0. The van der Waals surface area contributed by atoms with Gasteiger partial charge in [-0.1, -0.05) is 69.2 Å². The van der Waals surface area contributed by atoms with Crippen LogP contribution in [0.1, 0.15) is 104 Å². The first-order chi connectivity index (χ1) is 13.5. The third-order valence-electron chi connectivity index (χ3n) is 5.17. The molecule has 0 aliphatic carbocycles. The number of aliphatic hydroxyl groups excluding tert-OH is 2. The minimum absolute atomic E-state index is 0.0396. The van der Waals surface area contributed by atoms with Gasteiger partial charge in [0.2, 0.25) is 0 Å². The molecular formula is C24H42O4. The summed E-state index contributed by atoms with van der Waals surface area (Å²) in [6, 6.07) is 0. The number of carboxylic acids is 1. The Hall–Kier alpha value is -1.71. The van der Waals surface area contributed by atoms with Gasteiger partial charge in [0.15, 0.2) is 0 Å². The minimum atomic E-state index is -0.955. The van der Waals surface area contributed by atoms with Crippen LogP contribution in [0.2, 0.25) is 0 Å². The van der Waals surface area contributed by atoms with Crippen LogP contribution in [0, 0.1) is 5.92 Å². The van der Waals surface area contributed by atoms with Gasteiger partial charge in [-0.05, 0) is 51.9 Å². The van der Waals surface area contributed by atoms with Gasteiger partial charge < -0.3 is 15.3 Å². The summed E-state index contributed by atoms with van der Waals surface area (Å²) in [5.41, 5.74) is 1.61. The predicted octanol–water partition coefficient (Wildman–Crippen LogP) is 7.63. The molecule has 0 aliphatic heterocycles. The average Bonchev–Trinajstić information content (AvgIpc) is 2.69. The minimum Gasteiger partial charge on any atom is -0.512 e. The van der Waals surface area contributed by atoms with E-state index in [9.17, 15) is 9.90 Å². The van der Waals surface area contributed by atoms with E-state index in [4.69, 9.17) is 10.2 Å². The van der Waals surface area contributed by atoms with Gasteiger partial charge in [-0.2, -0.15) is 0 Å². The third kappa shape index (κ3) is 15.4. The van der Waals surface area contributed by atoms with E-state index in [0.29, 0.717) is 12.7 Å². The van der Waals surface area contributed by atoms with E-state index in [1.807, 2.05) is 12.2 Å². The lowest BCUT2D eigenvalue weighted by Crippen LogP contribution is -2.13. The lowest BCUT2D eigenvalue weighted by atomic mass is 9.99. The molecule has 0 aromatic heterocycles. The molecule has 0 aliphatic rings. The lowest BCUT2D eigenvalue weighted by molar-refractivity contribution is -0.141. The molecule has 162 valence electrons. The Morgan fingerprint density at radius 2 is 1.50 bits per heavy atom. The fourth-order valence-electron chi connectivity index (χ4n) is 3.29. The van der Waals surface area contributed by atoms with Gasteiger partial charge in [-0.3, -0.25) is 4.79 Å². The Balaban J connectivity index is 3.76. The largest absolute Gasteiger partial charge is 0.512 e. The lowest BCUT2D eigenvalue weighted by Gasteiger charge is -2.08. The van der Waals surface area contributed by atoms with E-state index in [-0.39, 0.29) is 12.2 Å². The molecule has 0 aromatic rings. The Bertz CT molecular complexity index is 477. The first-order valence-electron chi connectivity index (χ1n) is 11.1. The highest BCUT2D eigenvalue weighted by molar-refractivity contribution is 5.70. The predicted molar refractivity (Wildman–Crippen MR) is 118 cm³/mol. The molecule has 0 bridgehead atoms. The van der Waals surface area contributed by atoms with E-state index in [0.717, 1.165) is 12.8 Å². The van der Waals surface area contributed by atoms with Crippen molar-refractivity contribution in [2.24, 2.45) is 5.92 Å². The molecule has 28 heavy (non-hydrogen) atoms. The van der Waals surface area contributed by atoms with Crippen molar-refractivity contribution in [3.63, 3.8) is 0 Å². The first kappa shape index (κ1) is 26.3. The molecule has 0 saturated carbocycles. The maximum Gasteiger partial charge on any atom is 0.307 e. The van der Waals surface area contributed by atoms with E-state index >= 15 is 0 Å². The quantitative estimate of drug-likeness (QED) is 0.127. The number of aliphatic hydroxyl groups is 2. The summed E-state index contributed by atoms with van der Waals surface area (Å²) in [7, 11) is 0. The van der Waals surface area contributed by atoms with Crippen LogP contribution in [-0.4, -0.2) is 21.3 Å². The molecule has 0 radical (unpaired) electrons. The molecule has 0 aromatic carbocycles. The summed E-state index contributed by atoms with van der Waals surface area (Å²) in [5, 5.41) is 27.1. The van der Waals surface area contributed by atoms with E-state index in [1.165, 1.54) is 64.2 Å². The van der Waals surface area contributed by atoms with Crippen molar-refractivity contribution in [1.29, 1.82) is 0 Å². The van der Waals surface area contributed by atoms with Gasteiger partial charge in [0.1, 0.15) is 12.0 Å². The summed E-state index contributed by atoms with van der Waals surface area (Å²) in [6.07, 6.45) is 22.1. The van der Waals surface area contributed by atoms with Gasteiger partial charge in [0, 0.05) is 6.42 Å². The van der Waals surface area contributed by atoms with Gasteiger partial charge in [-0.25, -0.2) is 0 Å². The Labute approximate surface area is 172 Å². The summed E-state index contributed by atoms with van der Waals surface area (Å²) < 4.78 is 0. The van der Waals surface area contributed by atoms with Crippen LogP contribution < -0.4 is 0 Å². The topological polar surface area (TPSA) is 77.8 Å². The van der Waals surface area contributed by atoms with Crippen LogP contribution in [0.25, 0.3) is 0 Å². The van der Waals surface area contributed by atoms with E-state index in [1.54, 1.807) is 5.57 Å². The number of hydrogen-bond donors (Lipinski definition) is 3. The molecule has 0 heterocycles. The maximum atomic E-state index is 11.1. The van der Waals surface area contributed by atoms with Crippen molar-refractivity contribution in [3.05, 3.63) is 35.8 Å². The van der Waals surface area contributed by atoms with Crippen LogP contribution in [0.15, 0.2) is 35.8 Å². The van der Waals surface area contributed by atoms with Crippen LogP contribution in [0.4, 0.5) is 0 Å². The summed E-state index contributed by atoms with van der Waals surface area (Å²) in [6.45, 7) is 4.41. The maximum absolute atomic E-state index is 11.1. The number of allylic oxidation sites excluding steroid dienone is 5. The molecule has 0 saturated heterocycles. The molecule has 0 unspecified atom stereocenters. The van der Waals surface area contributed by atoms with Crippen LogP contribution in [0.5, 0.6) is 0 Å². The molecule has 0 rings (SSSR count). The zero-order chi connectivity index (χ0) is 21.0. The monoisotopic (exact) mass is 394 g/mol. The summed E-state index contributed by atoms with van der Waals surface area (Å²) in [4.78, 5) is 11.1. The second-order valence-electron chi connectivity index (χ2n) is 7.63. The second-order valence-corrected chi connectivity index (χ2v) is 7.63. The molecule has 0 spiro atoms. The average molecular weight is 395 g/mol. The standard InChI is InChI=1S/C24H42O4/c1-3-5-6-10-13-16-21(4-2)17-14-11-8-7-9-12-15-18-22(24(27)28)19-23(26)20-25/h4,12,15,20,22,25-26H,3,5-11,13-14,16-19H2,1-2H3,(H,27,28)/b15-12+,21-4?,23-20?/t22-/m0/s1. The molecule has 4 heteroatoms. The highest BCUT2D eigenvalue weighted by Crippen LogP contribution is 2.18. The number of carboxylic acid groups (broad SMARTS) is 1. The van der Waals surface area contributed by atoms with Crippen LogP contribution in [-0.2, 0) is 4.79 Å². The number of aliphatic carboxylic acids is 1. The van der Waals surface area contributed by atoms with E-state index in [2.05, 4.69) is 19.9 Å². The normalized spacial score (nSPS) is 13.9. The van der Waals surface area contributed by atoms with Crippen molar-refractivity contribution in [1.82, 2.24) is 0 Å². The summed E-state index contributed by atoms with van der Waals surface area (Å²) >= 11 is 0. The number of unbranched alkanes of at least 4 members (excludes halogenated alkanes) is 8. The van der Waals surface area contributed by atoms with Crippen molar-refractivity contribution in [3.8, 4) is 0 Å².